The fourth-order valence-corrected chi connectivity index (χ4v) is 9.18. The largest absolute Gasteiger partial charge is 0.311 e. The Morgan fingerprint density at radius 3 is 1.85 bits per heavy atom. The molecule has 1 saturated carbocycles. The van der Waals surface area contributed by atoms with Gasteiger partial charge in [-0.05, 0) is 89.2 Å². The molecule has 0 saturated heterocycles. The first-order valence-corrected chi connectivity index (χ1v) is 14.1. The third-order valence-corrected chi connectivity index (χ3v) is 10.4. The van der Waals surface area contributed by atoms with Gasteiger partial charge in [0.05, 0.1) is 0 Å². The van der Waals surface area contributed by atoms with Gasteiger partial charge in [0.2, 0.25) is 0 Å². The highest BCUT2D eigenvalue weighted by Crippen LogP contribution is 2.47. The number of rotatable bonds is 2. The molecule has 4 aliphatic rings. The van der Waals surface area contributed by atoms with Gasteiger partial charge < -0.3 is 4.90 Å². The zero-order chi connectivity index (χ0) is 22.2. The third kappa shape index (κ3) is 2.73. The van der Waals surface area contributed by atoms with Crippen molar-refractivity contribution >= 4 is 63.7 Å². The normalized spacial score (nSPS) is 17.5. The molecule has 164 valence electrons. The van der Waals surface area contributed by atoms with Crippen LogP contribution < -0.4 is 21.3 Å². The molecule has 1 fully saturated rings. The molecule has 4 heteroatoms. The number of hydrogen-bond donors (Lipinski definition) is 0. The molecular formula is C30H24BNS2. The molecule has 0 atom stereocenters. The third-order valence-electron chi connectivity index (χ3n) is 8.09. The minimum atomic E-state index is 0.338. The van der Waals surface area contributed by atoms with E-state index in [2.05, 4.69) is 83.8 Å². The topological polar surface area (TPSA) is 3.24 Å². The second-order valence-electron chi connectivity index (χ2n) is 9.95. The molecule has 0 radical (unpaired) electrons. The van der Waals surface area contributed by atoms with Crippen LogP contribution in [0.25, 0.3) is 0 Å². The maximum atomic E-state index is 2.56. The van der Waals surface area contributed by atoms with Crippen molar-refractivity contribution < 1.29 is 0 Å². The average Bonchev–Trinajstić information content (AvgIpc) is 2.89. The zero-order valence-electron chi connectivity index (χ0n) is 19.0. The Kier molecular flexibility index (Phi) is 4.33. The molecule has 0 spiro atoms. The number of nitrogens with zero attached hydrogens (tertiary/aromatic N) is 1. The van der Waals surface area contributed by atoms with Gasteiger partial charge >= 0.3 is 0 Å². The molecule has 34 heavy (non-hydrogen) atoms. The Labute approximate surface area is 210 Å². The van der Waals surface area contributed by atoms with Crippen molar-refractivity contribution in [1.82, 2.24) is 0 Å². The van der Waals surface area contributed by atoms with E-state index in [4.69, 9.17) is 0 Å². The summed E-state index contributed by atoms with van der Waals surface area (Å²) in [4.78, 5) is 8.33. The van der Waals surface area contributed by atoms with Crippen LogP contribution in [0.15, 0.2) is 98.4 Å². The highest BCUT2D eigenvalue weighted by atomic mass is 32.2. The summed E-state index contributed by atoms with van der Waals surface area (Å²) >= 11 is 4.01. The second-order valence-corrected chi connectivity index (χ2v) is 12.1. The predicted molar refractivity (Wildman–Crippen MR) is 146 cm³/mol. The average molecular weight is 473 g/mol. The van der Waals surface area contributed by atoms with Gasteiger partial charge in [-0.3, -0.25) is 0 Å². The molecule has 0 N–H and O–H groups in total. The zero-order valence-corrected chi connectivity index (χ0v) is 20.6. The van der Waals surface area contributed by atoms with E-state index in [-0.39, 0.29) is 0 Å². The van der Waals surface area contributed by atoms with Crippen molar-refractivity contribution in [2.75, 3.05) is 4.90 Å². The van der Waals surface area contributed by atoms with E-state index in [0.29, 0.717) is 6.71 Å². The number of para-hydroxylation sites is 1. The van der Waals surface area contributed by atoms with E-state index in [1.165, 1.54) is 79.7 Å². The van der Waals surface area contributed by atoms with E-state index < -0.39 is 0 Å². The molecule has 0 unspecified atom stereocenters. The van der Waals surface area contributed by atoms with Crippen LogP contribution in [0.1, 0.15) is 43.6 Å². The van der Waals surface area contributed by atoms with Gasteiger partial charge in [-0.1, -0.05) is 73.1 Å². The van der Waals surface area contributed by atoms with Gasteiger partial charge in [-0.15, -0.1) is 0 Å². The van der Waals surface area contributed by atoms with E-state index in [0.717, 1.165) is 5.92 Å². The van der Waals surface area contributed by atoms with Crippen LogP contribution in [0.4, 0.5) is 17.1 Å². The van der Waals surface area contributed by atoms with Crippen LogP contribution in [0.5, 0.6) is 0 Å². The van der Waals surface area contributed by atoms with Crippen LogP contribution in [-0.4, -0.2) is 6.71 Å². The standard InChI is InChI=1S/C30H24BNS2/c1-3-9-19(10-4-1)20-17-26-30-27(18-20)34-25-16-8-14-23-29(25)31(30)28-22(13-7-15-24(28)33-26)32(23)21-11-5-2-6-12-21/h2,5-8,11-19H,1,3-4,9-10H2. The minimum absolute atomic E-state index is 0.338. The molecule has 0 amide bonds. The summed E-state index contributed by atoms with van der Waals surface area (Å²) in [6.45, 7) is 0.338. The van der Waals surface area contributed by atoms with Gasteiger partial charge in [0.15, 0.2) is 0 Å². The first-order valence-electron chi connectivity index (χ1n) is 12.5. The smallest absolute Gasteiger partial charge is 0.252 e. The highest BCUT2D eigenvalue weighted by molar-refractivity contribution is 8.01. The van der Waals surface area contributed by atoms with E-state index in [1.54, 1.807) is 11.0 Å². The fraction of sp³-hybridized carbons (Fsp3) is 0.200. The van der Waals surface area contributed by atoms with Crippen molar-refractivity contribution in [2.24, 2.45) is 0 Å². The Morgan fingerprint density at radius 1 is 0.618 bits per heavy atom. The maximum Gasteiger partial charge on any atom is 0.252 e. The molecule has 4 aromatic carbocycles. The van der Waals surface area contributed by atoms with Crippen molar-refractivity contribution in [1.29, 1.82) is 0 Å². The first kappa shape index (κ1) is 19.7. The first-order chi connectivity index (χ1) is 16.9. The summed E-state index contributed by atoms with van der Waals surface area (Å²) in [7, 11) is 0. The molecule has 1 nitrogen and oxygen atoms in total. The van der Waals surface area contributed by atoms with E-state index >= 15 is 0 Å². The van der Waals surface area contributed by atoms with Gasteiger partial charge in [-0.25, -0.2) is 0 Å². The molecule has 3 heterocycles. The lowest BCUT2D eigenvalue weighted by molar-refractivity contribution is 0.443. The van der Waals surface area contributed by atoms with Crippen molar-refractivity contribution in [3.8, 4) is 0 Å². The van der Waals surface area contributed by atoms with Crippen molar-refractivity contribution in [2.45, 2.75) is 57.6 Å². The molecule has 8 rings (SSSR count). The summed E-state index contributed by atoms with van der Waals surface area (Å²) in [6.07, 6.45) is 6.88. The van der Waals surface area contributed by atoms with Crippen molar-refractivity contribution in [3.63, 3.8) is 0 Å². The highest BCUT2D eigenvalue weighted by Gasteiger charge is 2.45. The summed E-state index contributed by atoms with van der Waals surface area (Å²) in [5.74, 6) is 0.733. The number of hydrogen-bond acceptors (Lipinski definition) is 3. The second kappa shape index (κ2) is 7.47. The molecule has 4 aromatic rings. The van der Waals surface area contributed by atoms with Crippen molar-refractivity contribution in [3.05, 3.63) is 84.4 Å². The van der Waals surface area contributed by atoms with Crippen LogP contribution >= 0.6 is 23.5 Å². The molecule has 0 bridgehead atoms. The van der Waals surface area contributed by atoms with Crippen LogP contribution in [0.2, 0.25) is 0 Å². The van der Waals surface area contributed by atoms with Crippen LogP contribution in [0, 0.1) is 0 Å². The van der Waals surface area contributed by atoms with E-state index in [9.17, 15) is 0 Å². The van der Waals surface area contributed by atoms with Crippen LogP contribution in [-0.2, 0) is 0 Å². The summed E-state index contributed by atoms with van der Waals surface area (Å²) in [5, 5.41) is 0. The van der Waals surface area contributed by atoms with Gasteiger partial charge in [0.1, 0.15) is 0 Å². The minimum Gasteiger partial charge on any atom is -0.311 e. The lowest BCUT2D eigenvalue weighted by atomic mass is 9.34. The summed E-state index contributed by atoms with van der Waals surface area (Å²) in [6, 6.07) is 29.8. The maximum absolute atomic E-state index is 2.56. The molecule has 3 aliphatic heterocycles. The lowest BCUT2D eigenvalue weighted by Gasteiger charge is -2.43. The fourth-order valence-electron chi connectivity index (χ4n) is 6.61. The summed E-state index contributed by atoms with van der Waals surface area (Å²) in [5.41, 5.74) is 10.0. The molecular weight excluding hydrogens is 449 g/mol. The summed E-state index contributed by atoms with van der Waals surface area (Å²) < 4.78 is 0. The number of benzene rings is 4. The number of anilines is 3. The van der Waals surface area contributed by atoms with Gasteiger partial charge in [-0.2, -0.15) is 0 Å². The SMILES string of the molecule is c1ccc(N2c3cccc4c3B3c5c(cc(C6CCCCC6)cc5Sc5cccc2c53)S4)cc1. The predicted octanol–water partition coefficient (Wildman–Crippen LogP) is 6.96. The van der Waals surface area contributed by atoms with Gasteiger partial charge in [0.25, 0.3) is 6.71 Å². The Morgan fingerprint density at radius 2 is 1.24 bits per heavy atom. The molecule has 0 aromatic heterocycles. The Bertz CT molecular complexity index is 1380. The quantitative estimate of drug-likeness (QED) is 0.250. The van der Waals surface area contributed by atoms with E-state index in [1.807, 2.05) is 23.5 Å². The Hall–Kier alpha value is -2.56. The lowest BCUT2D eigenvalue weighted by Crippen LogP contribution is -2.62. The Balaban J connectivity index is 1.39. The monoisotopic (exact) mass is 473 g/mol. The molecule has 1 aliphatic carbocycles. The van der Waals surface area contributed by atoms with Crippen LogP contribution in [0.3, 0.4) is 0 Å². The van der Waals surface area contributed by atoms with Gasteiger partial charge in [0, 0.05) is 36.6 Å².